The minimum Gasteiger partial charge on any atom is -0.481 e. The Balaban J connectivity index is 2.56. The van der Waals surface area contributed by atoms with Gasteiger partial charge in [-0.05, 0) is 20.9 Å². The van der Waals surface area contributed by atoms with Crippen molar-refractivity contribution < 1.29 is 23.1 Å². The van der Waals surface area contributed by atoms with E-state index in [4.69, 9.17) is 9.84 Å². The first-order valence-corrected chi connectivity index (χ1v) is 7.69. The lowest BCUT2D eigenvalue weighted by molar-refractivity contribution is -0.143. The lowest BCUT2D eigenvalue weighted by Gasteiger charge is -2.26. The molecule has 6 nitrogen and oxygen atoms in total. The summed E-state index contributed by atoms with van der Waals surface area (Å²) in [5.41, 5.74) is 0. The Hall–Kier alpha value is -0.660. The fraction of sp³-hybridized carbons (Fsp3) is 0.909. The number of rotatable bonds is 6. The van der Waals surface area contributed by atoms with Crippen LogP contribution in [0.2, 0.25) is 0 Å². The molecule has 1 saturated heterocycles. The van der Waals surface area contributed by atoms with Crippen molar-refractivity contribution in [1.29, 1.82) is 0 Å². The summed E-state index contributed by atoms with van der Waals surface area (Å²) in [5, 5.41) is 8.62. The van der Waals surface area contributed by atoms with Gasteiger partial charge in [0.2, 0.25) is 0 Å². The molecule has 2 unspecified atom stereocenters. The summed E-state index contributed by atoms with van der Waals surface area (Å²) in [4.78, 5) is 12.8. The monoisotopic (exact) mass is 279 g/mol. The van der Waals surface area contributed by atoms with E-state index in [1.807, 2.05) is 0 Å². The molecule has 1 N–H and O–H groups in total. The Morgan fingerprint density at radius 3 is 2.56 bits per heavy atom. The van der Waals surface area contributed by atoms with E-state index in [9.17, 15) is 13.2 Å². The highest BCUT2D eigenvalue weighted by Gasteiger charge is 2.36. The molecule has 106 valence electrons. The third-order valence-electron chi connectivity index (χ3n) is 3.38. The number of hydrogen-bond acceptors (Lipinski definition) is 5. The van der Waals surface area contributed by atoms with Gasteiger partial charge in [0.05, 0.1) is 30.1 Å². The predicted octanol–water partition coefficient (Wildman–Crippen LogP) is -0.159. The third-order valence-corrected chi connectivity index (χ3v) is 5.57. The minimum absolute atomic E-state index is 0.0456. The maximum absolute atomic E-state index is 11.7. The normalized spacial score (nSPS) is 24.9. The summed E-state index contributed by atoms with van der Waals surface area (Å²) >= 11 is 0. The van der Waals surface area contributed by atoms with Crippen molar-refractivity contribution >= 4 is 15.8 Å². The lowest BCUT2D eigenvalue weighted by atomic mass is 10.0. The molecule has 0 aromatic heterocycles. The number of carboxylic acids is 1. The van der Waals surface area contributed by atoms with Crippen LogP contribution in [0.5, 0.6) is 0 Å². The van der Waals surface area contributed by atoms with Crippen LogP contribution in [0.25, 0.3) is 0 Å². The largest absolute Gasteiger partial charge is 0.481 e. The molecule has 0 aromatic rings. The van der Waals surface area contributed by atoms with E-state index in [0.717, 1.165) is 0 Å². The number of ether oxygens (including phenoxy) is 1. The lowest BCUT2D eigenvalue weighted by Crippen LogP contribution is -2.43. The van der Waals surface area contributed by atoms with E-state index in [1.165, 1.54) is 0 Å². The van der Waals surface area contributed by atoms with Crippen molar-refractivity contribution in [1.82, 2.24) is 4.90 Å². The van der Waals surface area contributed by atoms with Gasteiger partial charge in [-0.1, -0.05) is 0 Å². The fourth-order valence-electron chi connectivity index (χ4n) is 1.89. The van der Waals surface area contributed by atoms with Crippen LogP contribution >= 0.6 is 0 Å². The Morgan fingerprint density at radius 1 is 1.44 bits per heavy atom. The number of aliphatic carboxylic acids is 1. The van der Waals surface area contributed by atoms with Gasteiger partial charge in [-0.15, -0.1) is 0 Å². The van der Waals surface area contributed by atoms with Crippen LogP contribution in [0.15, 0.2) is 0 Å². The Morgan fingerprint density at radius 2 is 2.06 bits per heavy atom. The van der Waals surface area contributed by atoms with Crippen LogP contribution in [0.1, 0.15) is 13.8 Å². The van der Waals surface area contributed by atoms with Crippen LogP contribution in [0, 0.1) is 5.92 Å². The van der Waals surface area contributed by atoms with Crippen molar-refractivity contribution in [3.8, 4) is 0 Å². The predicted molar refractivity (Wildman–Crippen MR) is 67.3 cm³/mol. The zero-order valence-electron chi connectivity index (χ0n) is 11.0. The first kappa shape index (κ1) is 15.4. The smallest absolute Gasteiger partial charge is 0.310 e. The highest BCUT2D eigenvalue weighted by molar-refractivity contribution is 7.92. The molecule has 7 heteroatoms. The summed E-state index contributed by atoms with van der Waals surface area (Å²) in [6.45, 7) is 4.16. The van der Waals surface area contributed by atoms with Crippen LogP contribution in [0.4, 0.5) is 0 Å². The van der Waals surface area contributed by atoms with E-state index < -0.39 is 27.0 Å². The van der Waals surface area contributed by atoms with Gasteiger partial charge < -0.3 is 9.84 Å². The van der Waals surface area contributed by atoms with Gasteiger partial charge in [0, 0.05) is 12.6 Å². The van der Waals surface area contributed by atoms with Crippen LogP contribution in [-0.2, 0) is 19.4 Å². The number of carboxylic acid groups (broad SMARTS) is 1. The molecule has 1 fully saturated rings. The maximum atomic E-state index is 11.7. The summed E-state index contributed by atoms with van der Waals surface area (Å²) in [5.74, 6) is -1.42. The van der Waals surface area contributed by atoms with E-state index in [0.29, 0.717) is 13.2 Å². The quantitative estimate of drug-likeness (QED) is 0.727. The molecule has 0 amide bonds. The molecule has 1 heterocycles. The summed E-state index contributed by atoms with van der Waals surface area (Å²) < 4.78 is 28.5. The zero-order valence-corrected chi connectivity index (χ0v) is 11.8. The molecule has 18 heavy (non-hydrogen) atoms. The molecule has 2 atom stereocenters. The number of sulfone groups is 1. The van der Waals surface area contributed by atoms with Crippen LogP contribution < -0.4 is 0 Å². The summed E-state index contributed by atoms with van der Waals surface area (Å²) in [6.07, 6.45) is 0. The second-order valence-corrected chi connectivity index (χ2v) is 7.62. The first-order chi connectivity index (χ1) is 8.25. The van der Waals surface area contributed by atoms with Gasteiger partial charge in [0.25, 0.3) is 0 Å². The molecule has 0 bridgehead atoms. The van der Waals surface area contributed by atoms with Gasteiger partial charge in [-0.3, -0.25) is 9.69 Å². The first-order valence-electron chi connectivity index (χ1n) is 5.98. The molecule has 1 aliphatic heterocycles. The van der Waals surface area contributed by atoms with E-state index in [2.05, 4.69) is 0 Å². The van der Waals surface area contributed by atoms with E-state index in [-0.39, 0.29) is 18.4 Å². The number of likely N-dealkylation sites (N-methyl/N-ethyl adjacent to an activating group) is 1. The average molecular weight is 279 g/mol. The minimum atomic E-state index is -3.09. The second kappa shape index (κ2) is 5.99. The number of carbonyl (C=O) groups is 1. The molecule has 1 aliphatic rings. The number of hydrogen-bond donors (Lipinski definition) is 1. The average Bonchev–Trinajstić information content (AvgIpc) is 2.74. The van der Waals surface area contributed by atoms with Crippen molar-refractivity contribution in [2.75, 3.05) is 32.6 Å². The topological polar surface area (TPSA) is 83.9 Å². The SMILES string of the molecule is CC(C)S(=O)(=O)CCN(C)C1COCC1C(=O)O. The second-order valence-electron chi connectivity index (χ2n) is 4.95. The van der Waals surface area contributed by atoms with Gasteiger partial charge in [0.15, 0.2) is 9.84 Å². The van der Waals surface area contributed by atoms with Crippen molar-refractivity contribution in [3.63, 3.8) is 0 Å². The standard InChI is InChI=1S/C11H21NO5S/c1-8(2)18(15,16)5-4-12(3)10-7-17-6-9(10)11(13)14/h8-10H,4-7H2,1-3H3,(H,13,14). The van der Waals surface area contributed by atoms with Crippen molar-refractivity contribution in [3.05, 3.63) is 0 Å². The third kappa shape index (κ3) is 3.66. The van der Waals surface area contributed by atoms with Gasteiger partial charge in [0.1, 0.15) is 0 Å². The Kier molecular flexibility index (Phi) is 5.12. The van der Waals surface area contributed by atoms with E-state index in [1.54, 1.807) is 25.8 Å². The fourth-order valence-corrected chi connectivity index (χ4v) is 2.90. The van der Waals surface area contributed by atoms with Crippen molar-refractivity contribution in [2.24, 2.45) is 5.92 Å². The molecule has 0 saturated carbocycles. The van der Waals surface area contributed by atoms with E-state index >= 15 is 0 Å². The number of nitrogens with zero attached hydrogens (tertiary/aromatic N) is 1. The Bertz CT molecular complexity index is 392. The zero-order chi connectivity index (χ0) is 13.9. The van der Waals surface area contributed by atoms with Gasteiger partial charge >= 0.3 is 5.97 Å². The molecular formula is C11H21NO5S. The highest BCUT2D eigenvalue weighted by Crippen LogP contribution is 2.19. The molecule has 0 aromatic carbocycles. The Labute approximate surface area is 108 Å². The van der Waals surface area contributed by atoms with Crippen molar-refractivity contribution in [2.45, 2.75) is 25.1 Å². The van der Waals surface area contributed by atoms with Gasteiger partial charge in [-0.25, -0.2) is 8.42 Å². The highest BCUT2D eigenvalue weighted by atomic mass is 32.2. The molecule has 0 radical (unpaired) electrons. The summed E-state index contributed by atoms with van der Waals surface area (Å²) in [7, 11) is -1.35. The van der Waals surface area contributed by atoms with Crippen LogP contribution in [-0.4, -0.2) is 68.2 Å². The molecule has 0 aliphatic carbocycles. The van der Waals surface area contributed by atoms with Crippen LogP contribution in [0.3, 0.4) is 0 Å². The maximum Gasteiger partial charge on any atom is 0.310 e. The molecule has 0 spiro atoms. The van der Waals surface area contributed by atoms with Gasteiger partial charge in [-0.2, -0.15) is 0 Å². The molecule has 1 rings (SSSR count). The molecular weight excluding hydrogens is 258 g/mol. The summed E-state index contributed by atoms with van der Waals surface area (Å²) in [6, 6.07) is -0.245.